The third kappa shape index (κ3) is 2.93. The van der Waals surface area contributed by atoms with Gasteiger partial charge in [-0.3, -0.25) is 9.89 Å². The molecule has 1 aliphatic heterocycles. The van der Waals surface area contributed by atoms with Gasteiger partial charge in [0.05, 0.1) is 6.04 Å². The minimum Gasteiger partial charge on any atom is -0.507 e. The van der Waals surface area contributed by atoms with E-state index < -0.39 is 11.9 Å². The number of aromatic nitrogens is 2. The molecule has 1 amide bonds. The van der Waals surface area contributed by atoms with Gasteiger partial charge in [0.2, 0.25) is 0 Å². The number of carbonyl (C=O) groups excluding carboxylic acids is 1. The zero-order valence-electron chi connectivity index (χ0n) is 15.4. The van der Waals surface area contributed by atoms with E-state index in [-0.39, 0.29) is 11.7 Å². The van der Waals surface area contributed by atoms with E-state index in [0.717, 1.165) is 0 Å². The van der Waals surface area contributed by atoms with Gasteiger partial charge in [0.15, 0.2) is 0 Å². The Balaban J connectivity index is 1.86. The number of methoxy groups -OCH3 is 1. The third-order valence-corrected chi connectivity index (χ3v) is 4.97. The van der Waals surface area contributed by atoms with Crippen LogP contribution in [0.5, 0.6) is 5.75 Å². The molecular formula is C21H20FN3O3. The first kappa shape index (κ1) is 18.2. The molecule has 1 unspecified atom stereocenters. The fourth-order valence-corrected chi connectivity index (χ4v) is 3.71. The number of benzene rings is 2. The number of phenolic OH excluding ortho intramolecular Hbond substituents is 1. The molecule has 0 aliphatic carbocycles. The van der Waals surface area contributed by atoms with Crippen molar-refractivity contribution in [1.82, 2.24) is 15.1 Å². The second-order valence-corrected chi connectivity index (χ2v) is 6.65. The summed E-state index contributed by atoms with van der Waals surface area (Å²) in [5.74, 6) is -0.586. The summed E-state index contributed by atoms with van der Waals surface area (Å²) in [6, 6.07) is 12.6. The molecule has 4 rings (SSSR count). The van der Waals surface area contributed by atoms with E-state index in [0.29, 0.717) is 47.7 Å². The monoisotopic (exact) mass is 381 g/mol. The number of para-hydroxylation sites is 1. The number of aromatic amines is 1. The third-order valence-electron chi connectivity index (χ3n) is 4.97. The fourth-order valence-electron chi connectivity index (χ4n) is 3.71. The number of phenols is 1. The standard InChI is InChI=1S/C21H20FN3O3/c1-28-12-6-11-25-20(13-7-2-4-9-15(13)22)17-18(23-24-19(17)21(25)27)14-8-3-5-10-16(14)26/h2-5,7-10,20,26H,6,11-12H2,1H3,(H,23,24). The van der Waals surface area contributed by atoms with Gasteiger partial charge >= 0.3 is 0 Å². The Kier molecular flexibility index (Phi) is 4.83. The van der Waals surface area contributed by atoms with E-state index in [1.165, 1.54) is 6.07 Å². The van der Waals surface area contributed by atoms with Crippen LogP contribution in [0.1, 0.15) is 34.1 Å². The molecule has 0 spiro atoms. The Morgan fingerprint density at radius 3 is 2.71 bits per heavy atom. The first-order valence-corrected chi connectivity index (χ1v) is 9.04. The van der Waals surface area contributed by atoms with Crippen LogP contribution >= 0.6 is 0 Å². The van der Waals surface area contributed by atoms with Gasteiger partial charge in [-0.25, -0.2) is 4.39 Å². The van der Waals surface area contributed by atoms with Crippen LogP contribution in [0, 0.1) is 5.82 Å². The Hall–Kier alpha value is -3.19. The van der Waals surface area contributed by atoms with Gasteiger partial charge in [-0.2, -0.15) is 5.10 Å². The topological polar surface area (TPSA) is 78.5 Å². The SMILES string of the molecule is COCCCN1C(=O)c2[nH]nc(-c3ccccc3O)c2C1c1ccccc1F. The number of H-pyrrole nitrogens is 1. The molecule has 2 aromatic carbocycles. The summed E-state index contributed by atoms with van der Waals surface area (Å²) in [7, 11) is 1.60. The number of hydrogen-bond donors (Lipinski definition) is 2. The van der Waals surface area contributed by atoms with Crippen LogP contribution in [0.25, 0.3) is 11.3 Å². The quantitative estimate of drug-likeness (QED) is 0.641. The van der Waals surface area contributed by atoms with Gasteiger partial charge in [0.1, 0.15) is 23.0 Å². The van der Waals surface area contributed by atoms with E-state index in [1.54, 1.807) is 54.5 Å². The van der Waals surface area contributed by atoms with Crippen LogP contribution in [0.3, 0.4) is 0 Å². The molecule has 0 bridgehead atoms. The Labute approximate surface area is 161 Å². The number of amides is 1. The van der Waals surface area contributed by atoms with Crippen LogP contribution < -0.4 is 0 Å². The maximum atomic E-state index is 14.7. The highest BCUT2D eigenvalue weighted by atomic mass is 19.1. The lowest BCUT2D eigenvalue weighted by atomic mass is 9.95. The Bertz CT molecular complexity index is 1020. The lowest BCUT2D eigenvalue weighted by Gasteiger charge is -2.26. The fraction of sp³-hybridized carbons (Fsp3) is 0.238. The summed E-state index contributed by atoms with van der Waals surface area (Å²) in [5.41, 5.74) is 2.24. The minimum atomic E-state index is -0.631. The number of hydrogen-bond acceptors (Lipinski definition) is 4. The molecule has 0 radical (unpaired) electrons. The lowest BCUT2D eigenvalue weighted by Crippen LogP contribution is -2.31. The van der Waals surface area contributed by atoms with Crippen molar-refractivity contribution in [3.05, 3.63) is 71.2 Å². The van der Waals surface area contributed by atoms with Crippen molar-refractivity contribution in [1.29, 1.82) is 0 Å². The molecule has 1 aliphatic rings. The van der Waals surface area contributed by atoms with E-state index in [4.69, 9.17) is 4.74 Å². The smallest absolute Gasteiger partial charge is 0.273 e. The van der Waals surface area contributed by atoms with Crippen molar-refractivity contribution >= 4 is 5.91 Å². The summed E-state index contributed by atoms with van der Waals surface area (Å²) < 4.78 is 19.8. The summed E-state index contributed by atoms with van der Waals surface area (Å²) in [6.45, 7) is 0.903. The van der Waals surface area contributed by atoms with Gasteiger partial charge in [-0.15, -0.1) is 0 Å². The largest absolute Gasteiger partial charge is 0.507 e. The molecule has 2 heterocycles. The average molecular weight is 381 g/mol. The molecule has 0 saturated carbocycles. The van der Waals surface area contributed by atoms with Gasteiger partial charge in [-0.05, 0) is 24.6 Å². The summed E-state index contributed by atoms with van der Waals surface area (Å²) >= 11 is 0. The zero-order valence-corrected chi connectivity index (χ0v) is 15.4. The molecule has 1 atom stereocenters. The van der Waals surface area contributed by atoms with E-state index in [2.05, 4.69) is 10.2 Å². The van der Waals surface area contributed by atoms with Crippen LogP contribution in [0.4, 0.5) is 4.39 Å². The van der Waals surface area contributed by atoms with Crippen molar-refractivity contribution in [2.75, 3.05) is 20.3 Å². The molecule has 6 nitrogen and oxygen atoms in total. The Morgan fingerprint density at radius 2 is 1.96 bits per heavy atom. The predicted molar refractivity (Wildman–Crippen MR) is 101 cm³/mol. The van der Waals surface area contributed by atoms with Crippen LogP contribution in [-0.2, 0) is 4.74 Å². The first-order chi connectivity index (χ1) is 13.6. The first-order valence-electron chi connectivity index (χ1n) is 9.04. The molecule has 28 heavy (non-hydrogen) atoms. The highest BCUT2D eigenvalue weighted by Crippen LogP contribution is 2.44. The van der Waals surface area contributed by atoms with Crippen LogP contribution in [0.15, 0.2) is 48.5 Å². The van der Waals surface area contributed by atoms with Crippen molar-refractivity contribution in [3.63, 3.8) is 0 Å². The van der Waals surface area contributed by atoms with Crippen LogP contribution in [-0.4, -0.2) is 46.4 Å². The molecule has 0 saturated heterocycles. The molecule has 0 fully saturated rings. The van der Waals surface area contributed by atoms with Gasteiger partial charge in [0.25, 0.3) is 5.91 Å². The van der Waals surface area contributed by atoms with Crippen molar-refractivity contribution in [2.45, 2.75) is 12.5 Å². The highest BCUT2D eigenvalue weighted by molar-refractivity contribution is 6.00. The highest BCUT2D eigenvalue weighted by Gasteiger charge is 2.43. The number of halogens is 1. The maximum absolute atomic E-state index is 14.7. The summed E-state index contributed by atoms with van der Waals surface area (Å²) in [6.07, 6.45) is 0.622. The van der Waals surface area contributed by atoms with Gasteiger partial charge < -0.3 is 14.7 Å². The normalized spacial score (nSPS) is 15.9. The van der Waals surface area contributed by atoms with E-state index in [1.807, 2.05) is 0 Å². The average Bonchev–Trinajstić information content (AvgIpc) is 3.23. The number of rotatable bonds is 6. The Morgan fingerprint density at radius 1 is 1.21 bits per heavy atom. The molecule has 2 N–H and O–H groups in total. The molecule has 1 aromatic heterocycles. The second-order valence-electron chi connectivity index (χ2n) is 6.65. The molecule has 7 heteroatoms. The van der Waals surface area contributed by atoms with Gasteiger partial charge in [-0.1, -0.05) is 30.3 Å². The number of carbonyl (C=O) groups is 1. The van der Waals surface area contributed by atoms with Crippen molar-refractivity contribution < 1.29 is 19.0 Å². The summed E-state index contributed by atoms with van der Waals surface area (Å²) in [4.78, 5) is 14.7. The second kappa shape index (κ2) is 7.44. The van der Waals surface area contributed by atoms with E-state index >= 15 is 0 Å². The van der Waals surface area contributed by atoms with E-state index in [9.17, 15) is 14.3 Å². The van der Waals surface area contributed by atoms with Gasteiger partial charge in [0, 0.05) is 37.0 Å². The van der Waals surface area contributed by atoms with Crippen molar-refractivity contribution in [3.8, 4) is 17.0 Å². The molecular weight excluding hydrogens is 361 g/mol. The predicted octanol–water partition coefficient (Wildman–Crippen LogP) is 3.50. The summed E-state index contributed by atoms with van der Waals surface area (Å²) in [5, 5.41) is 17.4. The lowest BCUT2D eigenvalue weighted by molar-refractivity contribution is 0.0721. The minimum absolute atomic E-state index is 0.0503. The van der Waals surface area contributed by atoms with Crippen molar-refractivity contribution in [2.24, 2.45) is 0 Å². The number of ether oxygens (including phenoxy) is 1. The number of nitrogens with one attached hydrogen (secondary N) is 1. The molecule has 3 aromatic rings. The molecule has 144 valence electrons. The number of aromatic hydroxyl groups is 1. The zero-order chi connectivity index (χ0) is 19.7. The number of fused-ring (bicyclic) bond motifs is 1. The number of nitrogens with zero attached hydrogens (tertiary/aromatic N) is 2. The van der Waals surface area contributed by atoms with Crippen LogP contribution in [0.2, 0.25) is 0 Å². The maximum Gasteiger partial charge on any atom is 0.273 e.